The molecule has 3 aromatic heterocycles. The second-order valence-electron chi connectivity index (χ2n) is 11.3. The van der Waals surface area contributed by atoms with Crippen molar-refractivity contribution in [3.05, 3.63) is 146 Å². The van der Waals surface area contributed by atoms with Crippen molar-refractivity contribution in [2.24, 2.45) is 7.05 Å². The Morgan fingerprint density at radius 2 is 1.40 bits per heavy atom. The lowest BCUT2D eigenvalue weighted by Crippen LogP contribution is -2.08. The SMILES string of the molecule is Cn1c(-c2cccc3oc(N(c4ccccc4)c4ccc5occ(-c6ccc7ccccc7c6)c5c4)cc23)nc2ccccc21. The minimum Gasteiger partial charge on any atom is -0.464 e. The summed E-state index contributed by atoms with van der Waals surface area (Å²) in [4.78, 5) is 7.15. The molecule has 0 radical (unpaired) electrons. The van der Waals surface area contributed by atoms with E-state index in [1.54, 1.807) is 0 Å². The predicted molar refractivity (Wildman–Crippen MR) is 183 cm³/mol. The number of imidazole rings is 1. The molecule has 6 aromatic carbocycles. The Hall–Kier alpha value is -6.07. The van der Waals surface area contributed by atoms with Crippen molar-refractivity contribution in [1.82, 2.24) is 9.55 Å². The van der Waals surface area contributed by atoms with Crippen LogP contribution in [0.2, 0.25) is 0 Å². The molecular weight excluding hydrogens is 554 g/mol. The van der Waals surface area contributed by atoms with Crippen molar-refractivity contribution in [3.8, 4) is 22.5 Å². The van der Waals surface area contributed by atoms with Gasteiger partial charge in [0.25, 0.3) is 0 Å². The smallest absolute Gasteiger partial charge is 0.205 e. The van der Waals surface area contributed by atoms with Gasteiger partial charge in [-0.1, -0.05) is 78.9 Å². The van der Waals surface area contributed by atoms with Gasteiger partial charge < -0.3 is 13.4 Å². The van der Waals surface area contributed by atoms with E-state index in [2.05, 4.69) is 108 Å². The normalized spacial score (nSPS) is 11.7. The first-order valence-electron chi connectivity index (χ1n) is 15.0. The number of nitrogens with zero attached hydrogens (tertiary/aromatic N) is 3. The summed E-state index contributed by atoms with van der Waals surface area (Å²) in [5.74, 6) is 1.62. The lowest BCUT2D eigenvalue weighted by Gasteiger charge is -2.22. The maximum Gasteiger partial charge on any atom is 0.205 e. The van der Waals surface area contributed by atoms with Crippen molar-refractivity contribution in [1.29, 1.82) is 0 Å². The molecule has 9 aromatic rings. The highest BCUT2D eigenvalue weighted by atomic mass is 16.4. The first-order chi connectivity index (χ1) is 22.2. The van der Waals surface area contributed by atoms with Gasteiger partial charge in [0, 0.05) is 46.4 Å². The van der Waals surface area contributed by atoms with E-state index in [-0.39, 0.29) is 0 Å². The summed E-state index contributed by atoms with van der Waals surface area (Å²) in [5, 5.41) is 4.46. The van der Waals surface area contributed by atoms with Crippen molar-refractivity contribution >= 4 is 61.0 Å². The molecule has 0 aliphatic heterocycles. The Morgan fingerprint density at radius 3 is 2.29 bits per heavy atom. The second-order valence-corrected chi connectivity index (χ2v) is 11.3. The third kappa shape index (κ3) is 4.13. The van der Waals surface area contributed by atoms with Gasteiger partial charge in [-0.25, -0.2) is 4.98 Å². The zero-order valence-corrected chi connectivity index (χ0v) is 24.5. The summed E-state index contributed by atoms with van der Waals surface area (Å²) in [5.41, 5.74) is 8.87. The largest absolute Gasteiger partial charge is 0.464 e. The Bertz CT molecular complexity index is 2520. The zero-order valence-electron chi connectivity index (χ0n) is 24.5. The molecule has 5 heteroatoms. The summed E-state index contributed by atoms with van der Waals surface area (Å²) in [6.07, 6.45) is 1.86. The lowest BCUT2D eigenvalue weighted by atomic mass is 10.0. The molecule has 0 unspecified atom stereocenters. The number of fused-ring (bicyclic) bond motifs is 4. The maximum atomic E-state index is 6.64. The fraction of sp³-hybridized carbons (Fsp3) is 0.0250. The van der Waals surface area contributed by atoms with Gasteiger partial charge in [-0.2, -0.15) is 0 Å². The molecule has 214 valence electrons. The number of anilines is 3. The molecule has 45 heavy (non-hydrogen) atoms. The average molecular weight is 582 g/mol. The quantitative estimate of drug-likeness (QED) is 0.203. The van der Waals surface area contributed by atoms with Crippen LogP contribution < -0.4 is 4.90 Å². The summed E-state index contributed by atoms with van der Waals surface area (Å²) >= 11 is 0. The molecule has 0 aliphatic carbocycles. The minimum absolute atomic E-state index is 0.720. The van der Waals surface area contributed by atoms with E-state index in [4.69, 9.17) is 13.8 Å². The highest BCUT2D eigenvalue weighted by molar-refractivity contribution is 6.01. The third-order valence-electron chi connectivity index (χ3n) is 8.69. The monoisotopic (exact) mass is 581 g/mol. The molecule has 0 aliphatic rings. The van der Waals surface area contributed by atoms with E-state index >= 15 is 0 Å². The number of aryl methyl sites for hydroxylation is 1. The van der Waals surface area contributed by atoms with Crippen LogP contribution in [0.25, 0.3) is 66.3 Å². The van der Waals surface area contributed by atoms with Crippen molar-refractivity contribution in [2.45, 2.75) is 0 Å². The molecule has 0 saturated heterocycles. The van der Waals surface area contributed by atoms with Gasteiger partial charge in [0.1, 0.15) is 17.0 Å². The Labute approximate surface area is 259 Å². The van der Waals surface area contributed by atoms with Gasteiger partial charge in [-0.05, 0) is 70.9 Å². The molecule has 0 saturated carbocycles. The molecule has 0 spiro atoms. The molecular formula is C40H27N3O2. The van der Waals surface area contributed by atoms with E-state index < -0.39 is 0 Å². The van der Waals surface area contributed by atoms with E-state index in [0.717, 1.165) is 72.7 Å². The van der Waals surface area contributed by atoms with Crippen LogP contribution >= 0.6 is 0 Å². The maximum absolute atomic E-state index is 6.64. The number of hydrogen-bond acceptors (Lipinski definition) is 4. The van der Waals surface area contributed by atoms with E-state index in [1.165, 1.54) is 10.8 Å². The van der Waals surface area contributed by atoms with Gasteiger partial charge in [-0.15, -0.1) is 0 Å². The van der Waals surface area contributed by atoms with Crippen LogP contribution in [-0.4, -0.2) is 9.55 Å². The van der Waals surface area contributed by atoms with Crippen LogP contribution in [0, 0.1) is 0 Å². The minimum atomic E-state index is 0.720. The van der Waals surface area contributed by atoms with Crippen LogP contribution in [0.3, 0.4) is 0 Å². The first-order valence-corrected chi connectivity index (χ1v) is 15.0. The Morgan fingerprint density at radius 1 is 0.600 bits per heavy atom. The van der Waals surface area contributed by atoms with Crippen LogP contribution in [0.15, 0.2) is 155 Å². The van der Waals surface area contributed by atoms with Gasteiger partial charge in [0.2, 0.25) is 5.88 Å². The van der Waals surface area contributed by atoms with Crippen molar-refractivity contribution in [2.75, 3.05) is 4.90 Å². The Balaban J connectivity index is 1.21. The number of aromatic nitrogens is 2. The standard InChI is InChI=1S/C40H27N3O2/c1-42-36-16-8-7-15-35(36)41-40(42)31-14-9-17-38-33(31)24-39(45-38)43(29-12-3-2-4-13-29)30-20-21-37-32(23-30)34(25-44-37)28-19-18-26-10-5-6-11-27(26)22-28/h2-25H,1H3. The number of benzene rings is 6. The molecule has 0 bridgehead atoms. The number of furan rings is 2. The van der Waals surface area contributed by atoms with Crippen LogP contribution in [0.5, 0.6) is 0 Å². The van der Waals surface area contributed by atoms with Crippen LogP contribution in [-0.2, 0) is 7.05 Å². The molecule has 0 atom stereocenters. The fourth-order valence-electron chi connectivity index (χ4n) is 6.46. The predicted octanol–water partition coefficient (Wildman–Crippen LogP) is 11.0. The van der Waals surface area contributed by atoms with Gasteiger partial charge in [0.05, 0.1) is 17.3 Å². The van der Waals surface area contributed by atoms with Crippen molar-refractivity contribution < 1.29 is 8.83 Å². The fourth-order valence-corrected chi connectivity index (χ4v) is 6.46. The van der Waals surface area contributed by atoms with E-state index in [1.807, 2.05) is 54.8 Å². The highest BCUT2D eigenvalue weighted by Crippen LogP contribution is 2.43. The molecule has 3 heterocycles. The molecule has 0 amide bonds. The first kappa shape index (κ1) is 25.4. The number of rotatable bonds is 5. The second kappa shape index (κ2) is 10.00. The van der Waals surface area contributed by atoms with Gasteiger partial charge in [0.15, 0.2) is 0 Å². The highest BCUT2D eigenvalue weighted by Gasteiger charge is 2.21. The van der Waals surface area contributed by atoms with E-state index in [0.29, 0.717) is 0 Å². The number of hydrogen-bond donors (Lipinski definition) is 0. The summed E-state index contributed by atoms with van der Waals surface area (Å²) < 4.78 is 14.8. The van der Waals surface area contributed by atoms with Gasteiger partial charge >= 0.3 is 0 Å². The Kier molecular flexibility index (Phi) is 5.65. The summed E-state index contributed by atoms with van der Waals surface area (Å²) in [6.45, 7) is 0. The van der Waals surface area contributed by atoms with Crippen LogP contribution in [0.4, 0.5) is 17.3 Å². The molecule has 0 fully saturated rings. The average Bonchev–Trinajstić information content (AvgIpc) is 3.80. The van der Waals surface area contributed by atoms with Crippen molar-refractivity contribution in [3.63, 3.8) is 0 Å². The molecule has 0 N–H and O–H groups in total. The van der Waals surface area contributed by atoms with E-state index in [9.17, 15) is 0 Å². The summed E-state index contributed by atoms with van der Waals surface area (Å²) in [6, 6.07) is 48.1. The topological polar surface area (TPSA) is 47.3 Å². The molecule has 9 rings (SSSR count). The lowest BCUT2D eigenvalue weighted by molar-refractivity contribution is 0.616. The van der Waals surface area contributed by atoms with Crippen LogP contribution in [0.1, 0.15) is 0 Å². The molecule has 5 nitrogen and oxygen atoms in total. The zero-order chi connectivity index (χ0) is 29.9. The third-order valence-corrected chi connectivity index (χ3v) is 8.69. The van der Waals surface area contributed by atoms with Gasteiger partial charge in [-0.3, -0.25) is 4.90 Å². The summed E-state index contributed by atoms with van der Waals surface area (Å²) in [7, 11) is 2.06. The number of para-hydroxylation sites is 3.